The van der Waals surface area contributed by atoms with Gasteiger partial charge >= 0.3 is 6.01 Å². The summed E-state index contributed by atoms with van der Waals surface area (Å²) in [5.41, 5.74) is 2.32. The first-order valence-corrected chi connectivity index (χ1v) is 7.82. The number of likely N-dealkylation sites (tertiary alicyclic amines) is 1. The summed E-state index contributed by atoms with van der Waals surface area (Å²) in [5.74, 6) is 0.537. The minimum Gasteiger partial charge on any atom is -0.463 e. The molecule has 0 saturated carbocycles. The van der Waals surface area contributed by atoms with E-state index in [9.17, 15) is 0 Å². The van der Waals surface area contributed by atoms with Crippen molar-refractivity contribution >= 4 is 0 Å². The number of aromatic nitrogens is 3. The minimum absolute atomic E-state index is 0.481. The number of hydrogen-bond acceptors (Lipinski definition) is 5. The molecule has 0 spiro atoms. The Morgan fingerprint density at radius 3 is 2.91 bits per heavy atom. The molecule has 1 saturated heterocycles. The van der Waals surface area contributed by atoms with Gasteiger partial charge in [-0.3, -0.25) is 9.88 Å². The van der Waals surface area contributed by atoms with Crippen molar-refractivity contribution in [1.82, 2.24) is 19.9 Å². The van der Waals surface area contributed by atoms with Gasteiger partial charge < -0.3 is 4.74 Å². The molecule has 22 heavy (non-hydrogen) atoms. The van der Waals surface area contributed by atoms with Gasteiger partial charge in [0.05, 0.1) is 6.61 Å². The van der Waals surface area contributed by atoms with E-state index in [4.69, 9.17) is 4.74 Å². The second-order valence-corrected chi connectivity index (χ2v) is 5.96. The van der Waals surface area contributed by atoms with Crippen LogP contribution in [0.25, 0.3) is 0 Å². The molecule has 116 valence electrons. The Hall–Kier alpha value is -2.01. The zero-order valence-electron chi connectivity index (χ0n) is 13.0. The van der Waals surface area contributed by atoms with Crippen LogP contribution in [0, 0.1) is 12.8 Å². The van der Waals surface area contributed by atoms with Crippen LogP contribution in [0.5, 0.6) is 6.01 Å². The predicted octanol–water partition coefficient (Wildman–Crippen LogP) is 2.47. The van der Waals surface area contributed by atoms with Crippen LogP contribution in [-0.4, -0.2) is 39.5 Å². The van der Waals surface area contributed by atoms with Gasteiger partial charge in [-0.1, -0.05) is 6.07 Å². The third-order valence-corrected chi connectivity index (χ3v) is 3.94. The summed E-state index contributed by atoms with van der Waals surface area (Å²) in [6.07, 6.45) is 9.76. The largest absolute Gasteiger partial charge is 0.463 e. The highest BCUT2D eigenvalue weighted by atomic mass is 16.5. The topological polar surface area (TPSA) is 51.1 Å². The summed E-state index contributed by atoms with van der Waals surface area (Å²) < 4.78 is 5.74. The molecule has 1 aliphatic heterocycles. The van der Waals surface area contributed by atoms with Crippen molar-refractivity contribution in [2.24, 2.45) is 5.92 Å². The number of aryl methyl sites for hydroxylation is 1. The predicted molar refractivity (Wildman–Crippen MR) is 84.5 cm³/mol. The fourth-order valence-electron chi connectivity index (χ4n) is 2.83. The summed E-state index contributed by atoms with van der Waals surface area (Å²) in [7, 11) is 0. The standard InChI is InChI=1S/C17H22N4O/c1-14-8-19-17(20-9-14)22-13-16-5-3-7-21(12-16)11-15-4-2-6-18-10-15/h2,4,6,8-10,16H,3,5,7,11-13H2,1H3. The maximum Gasteiger partial charge on any atom is 0.316 e. The molecule has 0 N–H and O–H groups in total. The van der Waals surface area contributed by atoms with Gasteiger partial charge in [0.1, 0.15) is 0 Å². The van der Waals surface area contributed by atoms with E-state index in [1.54, 1.807) is 12.4 Å². The number of rotatable bonds is 5. The first kappa shape index (κ1) is 14.9. The SMILES string of the molecule is Cc1cnc(OCC2CCCN(Cc3cccnc3)C2)nc1. The molecule has 5 heteroatoms. The molecule has 5 nitrogen and oxygen atoms in total. The van der Waals surface area contributed by atoms with Gasteiger partial charge in [-0.15, -0.1) is 0 Å². The summed E-state index contributed by atoms with van der Waals surface area (Å²) >= 11 is 0. The maximum absolute atomic E-state index is 5.74. The van der Waals surface area contributed by atoms with E-state index in [1.165, 1.54) is 18.4 Å². The van der Waals surface area contributed by atoms with E-state index in [1.807, 2.05) is 25.4 Å². The highest BCUT2D eigenvalue weighted by Crippen LogP contribution is 2.19. The molecule has 3 rings (SSSR count). The van der Waals surface area contributed by atoms with Gasteiger partial charge in [0.2, 0.25) is 0 Å². The van der Waals surface area contributed by atoms with Gasteiger partial charge in [0, 0.05) is 43.8 Å². The van der Waals surface area contributed by atoms with Crippen molar-refractivity contribution in [2.75, 3.05) is 19.7 Å². The van der Waals surface area contributed by atoms with Crippen LogP contribution in [0.2, 0.25) is 0 Å². The lowest BCUT2D eigenvalue weighted by atomic mass is 9.98. The first-order chi connectivity index (χ1) is 10.8. The van der Waals surface area contributed by atoms with Gasteiger partial charge in [0.25, 0.3) is 0 Å². The van der Waals surface area contributed by atoms with E-state index in [-0.39, 0.29) is 0 Å². The molecule has 1 aliphatic rings. The van der Waals surface area contributed by atoms with E-state index in [0.717, 1.165) is 25.2 Å². The summed E-state index contributed by atoms with van der Waals surface area (Å²) in [6, 6.07) is 4.61. The Morgan fingerprint density at radius 1 is 1.27 bits per heavy atom. The summed E-state index contributed by atoms with van der Waals surface area (Å²) in [4.78, 5) is 15.0. The fraction of sp³-hybridized carbons (Fsp3) is 0.471. The number of pyridine rings is 1. The minimum atomic E-state index is 0.481. The second-order valence-electron chi connectivity index (χ2n) is 5.96. The number of hydrogen-bond donors (Lipinski definition) is 0. The molecular formula is C17H22N4O. The molecule has 3 heterocycles. The van der Waals surface area contributed by atoms with Crippen LogP contribution in [-0.2, 0) is 6.54 Å². The van der Waals surface area contributed by atoms with Crippen molar-refractivity contribution < 1.29 is 4.74 Å². The Morgan fingerprint density at radius 2 is 2.14 bits per heavy atom. The number of piperidine rings is 1. The van der Waals surface area contributed by atoms with E-state index < -0.39 is 0 Å². The molecule has 2 aromatic rings. The molecule has 2 aromatic heterocycles. The molecule has 1 unspecified atom stereocenters. The molecule has 0 aromatic carbocycles. The van der Waals surface area contributed by atoms with Crippen LogP contribution in [0.1, 0.15) is 24.0 Å². The lowest BCUT2D eigenvalue weighted by molar-refractivity contribution is 0.120. The van der Waals surface area contributed by atoms with E-state index in [2.05, 4.69) is 25.9 Å². The highest BCUT2D eigenvalue weighted by molar-refractivity contribution is 5.08. The van der Waals surface area contributed by atoms with Crippen LogP contribution in [0.4, 0.5) is 0 Å². The summed E-state index contributed by atoms with van der Waals surface area (Å²) in [6.45, 7) is 5.83. The van der Waals surface area contributed by atoms with Crippen molar-refractivity contribution in [3.8, 4) is 6.01 Å². The van der Waals surface area contributed by atoms with Gasteiger partial charge in [0.15, 0.2) is 0 Å². The van der Waals surface area contributed by atoms with Crippen LogP contribution >= 0.6 is 0 Å². The average Bonchev–Trinajstić information content (AvgIpc) is 2.56. The average molecular weight is 298 g/mol. The smallest absolute Gasteiger partial charge is 0.316 e. The molecule has 0 radical (unpaired) electrons. The maximum atomic E-state index is 5.74. The van der Waals surface area contributed by atoms with Gasteiger partial charge in [-0.2, -0.15) is 0 Å². The van der Waals surface area contributed by atoms with Crippen LogP contribution in [0.3, 0.4) is 0 Å². The van der Waals surface area contributed by atoms with Crippen molar-refractivity contribution in [2.45, 2.75) is 26.3 Å². The zero-order valence-corrected chi connectivity index (χ0v) is 13.0. The van der Waals surface area contributed by atoms with Crippen LogP contribution in [0.15, 0.2) is 36.9 Å². The highest BCUT2D eigenvalue weighted by Gasteiger charge is 2.20. The molecule has 0 bridgehead atoms. The molecule has 0 amide bonds. The zero-order chi connectivity index (χ0) is 15.2. The number of ether oxygens (including phenoxy) is 1. The lowest BCUT2D eigenvalue weighted by Gasteiger charge is -2.32. The Bertz CT molecular complexity index is 573. The fourth-order valence-corrected chi connectivity index (χ4v) is 2.83. The van der Waals surface area contributed by atoms with E-state index >= 15 is 0 Å². The third-order valence-electron chi connectivity index (χ3n) is 3.94. The van der Waals surface area contributed by atoms with Crippen molar-refractivity contribution in [3.63, 3.8) is 0 Å². The summed E-state index contributed by atoms with van der Waals surface area (Å²) in [5, 5.41) is 0. The van der Waals surface area contributed by atoms with Crippen LogP contribution < -0.4 is 4.74 Å². The Labute approximate surface area is 131 Å². The van der Waals surface area contributed by atoms with E-state index in [0.29, 0.717) is 18.5 Å². The Kier molecular flexibility index (Phi) is 4.96. The Balaban J connectivity index is 1.49. The molecule has 1 fully saturated rings. The monoisotopic (exact) mass is 298 g/mol. The number of nitrogens with zero attached hydrogens (tertiary/aromatic N) is 4. The normalized spacial score (nSPS) is 19.0. The van der Waals surface area contributed by atoms with Crippen molar-refractivity contribution in [1.29, 1.82) is 0 Å². The molecular weight excluding hydrogens is 276 g/mol. The van der Waals surface area contributed by atoms with Gasteiger partial charge in [-0.25, -0.2) is 9.97 Å². The molecule has 0 aliphatic carbocycles. The van der Waals surface area contributed by atoms with Crippen molar-refractivity contribution in [3.05, 3.63) is 48.0 Å². The first-order valence-electron chi connectivity index (χ1n) is 7.82. The third kappa shape index (κ3) is 4.24. The lowest BCUT2D eigenvalue weighted by Crippen LogP contribution is -2.37. The quantitative estimate of drug-likeness (QED) is 0.849. The molecule has 1 atom stereocenters. The van der Waals surface area contributed by atoms with Gasteiger partial charge in [-0.05, 0) is 43.5 Å². The second kappa shape index (κ2) is 7.31.